The first kappa shape index (κ1) is 14.0. The molecule has 1 atom stereocenters. The van der Waals surface area contributed by atoms with Crippen molar-refractivity contribution in [1.82, 2.24) is 4.90 Å². The van der Waals surface area contributed by atoms with E-state index in [-0.39, 0.29) is 23.3 Å². The minimum Gasteiger partial charge on any atom is -0.395 e. The molecule has 5 nitrogen and oxygen atoms in total. The normalized spacial score (nSPS) is 20.4. The van der Waals surface area contributed by atoms with Crippen molar-refractivity contribution in [2.24, 2.45) is 0 Å². The molecule has 0 saturated carbocycles. The van der Waals surface area contributed by atoms with Gasteiger partial charge in [-0.3, -0.25) is 15.0 Å². The molecule has 1 aromatic carbocycles. The van der Waals surface area contributed by atoms with E-state index in [2.05, 4.69) is 4.90 Å². The van der Waals surface area contributed by atoms with Gasteiger partial charge in [-0.25, -0.2) is 0 Å². The Morgan fingerprint density at radius 3 is 2.95 bits per heavy atom. The molecule has 104 valence electrons. The van der Waals surface area contributed by atoms with Crippen LogP contribution < -0.4 is 0 Å². The molecule has 0 radical (unpaired) electrons. The Morgan fingerprint density at radius 2 is 2.26 bits per heavy atom. The van der Waals surface area contributed by atoms with Crippen molar-refractivity contribution in [2.75, 3.05) is 13.2 Å². The summed E-state index contributed by atoms with van der Waals surface area (Å²) >= 11 is 0. The van der Waals surface area contributed by atoms with Gasteiger partial charge in [0.1, 0.15) is 0 Å². The SMILES string of the molecule is Cc1c(CN2CCCCC2CO)cccc1[N+](=O)[O-]. The Morgan fingerprint density at radius 1 is 1.47 bits per heavy atom. The fourth-order valence-electron chi connectivity index (χ4n) is 2.73. The maximum atomic E-state index is 10.9. The number of hydrogen-bond donors (Lipinski definition) is 1. The molecule has 0 bridgehead atoms. The summed E-state index contributed by atoms with van der Waals surface area (Å²) in [5, 5.41) is 20.3. The third kappa shape index (κ3) is 3.11. The average molecular weight is 264 g/mol. The second-order valence-electron chi connectivity index (χ2n) is 5.12. The first-order valence-electron chi connectivity index (χ1n) is 6.71. The number of piperidine rings is 1. The van der Waals surface area contributed by atoms with Crippen molar-refractivity contribution in [3.05, 3.63) is 39.4 Å². The lowest BCUT2D eigenvalue weighted by Crippen LogP contribution is -2.41. The summed E-state index contributed by atoms with van der Waals surface area (Å²) in [4.78, 5) is 12.8. The van der Waals surface area contributed by atoms with E-state index < -0.39 is 0 Å². The van der Waals surface area contributed by atoms with Crippen molar-refractivity contribution >= 4 is 5.69 Å². The van der Waals surface area contributed by atoms with Crippen LogP contribution in [0.4, 0.5) is 5.69 Å². The van der Waals surface area contributed by atoms with Gasteiger partial charge in [0.25, 0.3) is 5.69 Å². The lowest BCUT2D eigenvalue weighted by Gasteiger charge is -2.34. The number of hydrogen-bond acceptors (Lipinski definition) is 4. The average Bonchev–Trinajstić information content (AvgIpc) is 2.41. The topological polar surface area (TPSA) is 66.6 Å². The van der Waals surface area contributed by atoms with Crippen LogP contribution in [0.25, 0.3) is 0 Å². The van der Waals surface area contributed by atoms with Crippen LogP contribution in [0.5, 0.6) is 0 Å². The third-order valence-corrected chi connectivity index (χ3v) is 3.95. The van der Waals surface area contributed by atoms with Crippen LogP contribution in [0, 0.1) is 17.0 Å². The number of aliphatic hydroxyl groups is 1. The monoisotopic (exact) mass is 264 g/mol. The highest BCUT2D eigenvalue weighted by atomic mass is 16.6. The van der Waals surface area contributed by atoms with Gasteiger partial charge in [0, 0.05) is 24.2 Å². The number of nitrogens with zero attached hydrogens (tertiary/aromatic N) is 2. The molecule has 1 N–H and O–H groups in total. The Kier molecular flexibility index (Phi) is 4.50. The summed E-state index contributed by atoms with van der Waals surface area (Å²) in [7, 11) is 0. The van der Waals surface area contributed by atoms with Crippen LogP contribution in [0.15, 0.2) is 18.2 Å². The molecule has 0 aromatic heterocycles. The van der Waals surface area contributed by atoms with Gasteiger partial charge in [0.15, 0.2) is 0 Å². The van der Waals surface area contributed by atoms with Gasteiger partial charge in [-0.2, -0.15) is 0 Å². The van der Waals surface area contributed by atoms with E-state index in [1.54, 1.807) is 19.1 Å². The molecule has 1 unspecified atom stereocenters. The van der Waals surface area contributed by atoms with Crippen LogP contribution in [0.2, 0.25) is 0 Å². The van der Waals surface area contributed by atoms with Gasteiger partial charge in [-0.1, -0.05) is 18.6 Å². The minimum atomic E-state index is -0.335. The molecule has 0 aliphatic carbocycles. The Balaban J connectivity index is 2.18. The standard InChI is InChI=1S/C14H20N2O3/c1-11-12(5-4-7-14(11)16(18)19)9-15-8-3-2-6-13(15)10-17/h4-5,7,13,17H,2-3,6,8-10H2,1H3. The molecule has 5 heteroatoms. The maximum Gasteiger partial charge on any atom is 0.272 e. The van der Waals surface area contributed by atoms with Gasteiger partial charge < -0.3 is 5.11 Å². The molecule has 1 aliphatic rings. The summed E-state index contributed by atoms with van der Waals surface area (Å²) in [6.45, 7) is 3.59. The van der Waals surface area contributed by atoms with Crippen LogP contribution >= 0.6 is 0 Å². The zero-order valence-corrected chi connectivity index (χ0v) is 11.2. The highest BCUT2D eigenvalue weighted by molar-refractivity contribution is 5.44. The summed E-state index contributed by atoms with van der Waals surface area (Å²) in [6, 6.07) is 5.40. The van der Waals surface area contributed by atoms with Gasteiger partial charge in [0.2, 0.25) is 0 Å². The Hall–Kier alpha value is -1.46. The van der Waals surface area contributed by atoms with Gasteiger partial charge in [-0.15, -0.1) is 0 Å². The number of likely N-dealkylation sites (tertiary alicyclic amines) is 1. The zero-order valence-electron chi connectivity index (χ0n) is 11.2. The first-order chi connectivity index (χ1) is 9.13. The highest BCUT2D eigenvalue weighted by Crippen LogP contribution is 2.25. The van der Waals surface area contributed by atoms with E-state index in [0.29, 0.717) is 6.54 Å². The molecule has 1 fully saturated rings. The minimum absolute atomic E-state index is 0.161. The zero-order chi connectivity index (χ0) is 13.8. The molecule has 2 rings (SSSR count). The molecular formula is C14H20N2O3. The number of nitro benzene ring substituents is 1. The number of nitro groups is 1. The fourth-order valence-corrected chi connectivity index (χ4v) is 2.73. The lowest BCUT2D eigenvalue weighted by atomic mass is 10.00. The largest absolute Gasteiger partial charge is 0.395 e. The smallest absolute Gasteiger partial charge is 0.272 e. The molecular weight excluding hydrogens is 244 g/mol. The van der Waals surface area contributed by atoms with Crippen LogP contribution in [0.1, 0.15) is 30.4 Å². The second kappa shape index (κ2) is 6.12. The van der Waals surface area contributed by atoms with Crippen molar-refractivity contribution in [3.8, 4) is 0 Å². The van der Waals surface area contributed by atoms with E-state index in [1.807, 2.05) is 6.07 Å². The first-order valence-corrected chi connectivity index (χ1v) is 6.71. The molecule has 1 heterocycles. The molecule has 19 heavy (non-hydrogen) atoms. The summed E-state index contributed by atoms with van der Waals surface area (Å²) in [5.74, 6) is 0. The van der Waals surface area contributed by atoms with Gasteiger partial charge >= 0.3 is 0 Å². The Bertz CT molecular complexity index is 462. The van der Waals surface area contributed by atoms with Gasteiger partial charge in [0.05, 0.1) is 11.5 Å². The molecule has 0 spiro atoms. The van der Waals surface area contributed by atoms with Crippen LogP contribution in [-0.2, 0) is 6.54 Å². The van der Waals surface area contributed by atoms with Crippen LogP contribution in [-0.4, -0.2) is 34.1 Å². The third-order valence-electron chi connectivity index (χ3n) is 3.95. The van der Waals surface area contributed by atoms with Crippen molar-refractivity contribution in [1.29, 1.82) is 0 Å². The predicted octanol–water partition coefficient (Wildman–Crippen LogP) is 2.25. The second-order valence-corrected chi connectivity index (χ2v) is 5.12. The maximum absolute atomic E-state index is 10.9. The summed E-state index contributed by atoms with van der Waals surface area (Å²) in [6.07, 6.45) is 3.28. The van der Waals surface area contributed by atoms with E-state index in [9.17, 15) is 15.2 Å². The predicted molar refractivity (Wildman–Crippen MR) is 73.0 cm³/mol. The van der Waals surface area contributed by atoms with Crippen molar-refractivity contribution in [3.63, 3.8) is 0 Å². The van der Waals surface area contributed by atoms with E-state index >= 15 is 0 Å². The highest BCUT2D eigenvalue weighted by Gasteiger charge is 2.23. The van der Waals surface area contributed by atoms with E-state index in [0.717, 1.165) is 36.9 Å². The van der Waals surface area contributed by atoms with Crippen molar-refractivity contribution in [2.45, 2.75) is 38.8 Å². The number of aliphatic hydroxyl groups excluding tert-OH is 1. The quantitative estimate of drug-likeness (QED) is 0.669. The molecule has 0 amide bonds. The fraction of sp³-hybridized carbons (Fsp3) is 0.571. The van der Waals surface area contributed by atoms with E-state index in [1.165, 1.54) is 0 Å². The summed E-state index contributed by atoms with van der Waals surface area (Å²) in [5.41, 5.74) is 1.89. The Labute approximate surface area is 113 Å². The molecule has 1 saturated heterocycles. The number of rotatable bonds is 4. The number of benzene rings is 1. The molecule has 1 aromatic rings. The van der Waals surface area contributed by atoms with Gasteiger partial charge in [-0.05, 0) is 31.9 Å². The van der Waals surface area contributed by atoms with E-state index in [4.69, 9.17) is 0 Å². The summed E-state index contributed by atoms with van der Waals surface area (Å²) < 4.78 is 0. The molecule has 1 aliphatic heterocycles. The van der Waals surface area contributed by atoms with Crippen molar-refractivity contribution < 1.29 is 10.0 Å². The van der Waals surface area contributed by atoms with Crippen LogP contribution in [0.3, 0.4) is 0 Å². The lowest BCUT2D eigenvalue weighted by molar-refractivity contribution is -0.385.